The summed E-state index contributed by atoms with van der Waals surface area (Å²) in [4.78, 5) is 14.6. The number of hydrogen-bond donors (Lipinski definition) is 1. The first-order valence-corrected chi connectivity index (χ1v) is 7.89. The van der Waals surface area contributed by atoms with Gasteiger partial charge in [0.1, 0.15) is 0 Å². The molecular formula is C17H21N3O2. The molecule has 1 N–H and O–H groups in total. The van der Waals surface area contributed by atoms with Crippen molar-refractivity contribution < 1.29 is 9.53 Å². The Balaban J connectivity index is 1.54. The van der Waals surface area contributed by atoms with Crippen LogP contribution in [0, 0.1) is 17.2 Å². The van der Waals surface area contributed by atoms with E-state index in [2.05, 4.69) is 16.3 Å². The predicted octanol–water partition coefficient (Wildman–Crippen LogP) is 1.68. The van der Waals surface area contributed by atoms with E-state index in [9.17, 15) is 4.79 Å². The molecule has 1 unspecified atom stereocenters. The summed E-state index contributed by atoms with van der Waals surface area (Å²) in [6.07, 6.45) is 2.71. The highest BCUT2D eigenvalue weighted by Gasteiger charge is 2.30. The first kappa shape index (κ1) is 14.9. The summed E-state index contributed by atoms with van der Waals surface area (Å²) in [5, 5.41) is 12.0. The summed E-state index contributed by atoms with van der Waals surface area (Å²) in [6, 6.07) is 9.95. The molecule has 0 bridgehead atoms. The molecule has 5 nitrogen and oxygen atoms in total. The lowest BCUT2D eigenvalue weighted by Crippen LogP contribution is -2.42. The minimum Gasteiger partial charge on any atom is -0.381 e. The Kier molecular flexibility index (Phi) is 4.59. The minimum atomic E-state index is 0.0542. The van der Waals surface area contributed by atoms with Gasteiger partial charge in [-0.1, -0.05) is 0 Å². The molecule has 2 aliphatic rings. The summed E-state index contributed by atoms with van der Waals surface area (Å²) >= 11 is 0. The normalized spacial score (nSPS) is 22.3. The molecule has 5 heteroatoms. The highest BCUT2D eigenvalue weighted by Crippen LogP contribution is 2.24. The van der Waals surface area contributed by atoms with E-state index in [0.717, 1.165) is 51.3 Å². The number of rotatable bonds is 3. The third-order valence-electron chi connectivity index (χ3n) is 4.49. The first-order valence-electron chi connectivity index (χ1n) is 7.89. The third-order valence-corrected chi connectivity index (χ3v) is 4.49. The fraction of sp³-hybridized carbons (Fsp3) is 0.529. The van der Waals surface area contributed by atoms with Crippen LogP contribution in [0.2, 0.25) is 0 Å². The van der Waals surface area contributed by atoms with Crippen LogP contribution in [-0.2, 0) is 9.53 Å². The van der Waals surface area contributed by atoms with Crippen molar-refractivity contribution in [3.05, 3.63) is 29.8 Å². The van der Waals surface area contributed by atoms with Gasteiger partial charge in [0, 0.05) is 38.0 Å². The van der Waals surface area contributed by atoms with Crippen LogP contribution < -0.4 is 10.2 Å². The lowest BCUT2D eigenvalue weighted by atomic mass is 10.1. The van der Waals surface area contributed by atoms with Gasteiger partial charge < -0.3 is 15.0 Å². The van der Waals surface area contributed by atoms with Crippen molar-refractivity contribution in [2.24, 2.45) is 5.92 Å². The number of benzene rings is 1. The Morgan fingerprint density at radius 2 is 1.95 bits per heavy atom. The second kappa shape index (κ2) is 6.80. The Labute approximate surface area is 130 Å². The quantitative estimate of drug-likeness (QED) is 0.922. The highest BCUT2D eigenvalue weighted by atomic mass is 16.5. The molecule has 0 saturated carbocycles. The fourth-order valence-corrected chi connectivity index (χ4v) is 3.12. The topological polar surface area (TPSA) is 65.4 Å². The molecule has 1 aromatic carbocycles. The Bertz CT molecular complexity index is 558. The molecule has 1 atom stereocenters. The molecule has 2 heterocycles. The zero-order valence-corrected chi connectivity index (χ0v) is 12.6. The standard InChI is InChI=1S/C17H21N3O2/c18-11-13-1-3-16(4-2-13)20-8-5-14(12-20)17(21)19-15-6-9-22-10-7-15/h1-4,14-15H,5-10,12H2,(H,19,21). The number of ether oxygens (including phenoxy) is 1. The second-order valence-corrected chi connectivity index (χ2v) is 5.99. The van der Waals surface area contributed by atoms with E-state index in [1.807, 2.05) is 24.3 Å². The average molecular weight is 299 g/mol. The van der Waals surface area contributed by atoms with Gasteiger partial charge in [-0.15, -0.1) is 0 Å². The van der Waals surface area contributed by atoms with Crippen molar-refractivity contribution in [1.82, 2.24) is 5.32 Å². The molecule has 0 radical (unpaired) electrons. The minimum absolute atomic E-state index is 0.0542. The Morgan fingerprint density at radius 3 is 2.64 bits per heavy atom. The van der Waals surface area contributed by atoms with Crippen LogP contribution in [0.25, 0.3) is 0 Å². The van der Waals surface area contributed by atoms with E-state index < -0.39 is 0 Å². The van der Waals surface area contributed by atoms with Gasteiger partial charge in [0.2, 0.25) is 5.91 Å². The van der Waals surface area contributed by atoms with Crippen LogP contribution in [0.3, 0.4) is 0 Å². The van der Waals surface area contributed by atoms with Gasteiger partial charge in [-0.3, -0.25) is 4.79 Å². The average Bonchev–Trinajstić information content (AvgIpc) is 3.06. The van der Waals surface area contributed by atoms with Crippen LogP contribution in [-0.4, -0.2) is 38.3 Å². The van der Waals surface area contributed by atoms with Crippen LogP contribution in [0.15, 0.2) is 24.3 Å². The van der Waals surface area contributed by atoms with Crippen molar-refractivity contribution in [3.63, 3.8) is 0 Å². The number of anilines is 1. The highest BCUT2D eigenvalue weighted by molar-refractivity contribution is 5.80. The van der Waals surface area contributed by atoms with E-state index in [1.54, 1.807) is 0 Å². The lowest BCUT2D eigenvalue weighted by molar-refractivity contribution is -0.125. The van der Waals surface area contributed by atoms with E-state index in [-0.39, 0.29) is 17.9 Å². The van der Waals surface area contributed by atoms with Crippen LogP contribution in [0.5, 0.6) is 0 Å². The van der Waals surface area contributed by atoms with E-state index in [1.165, 1.54) is 0 Å². The SMILES string of the molecule is N#Cc1ccc(N2CCC(C(=O)NC3CCOCC3)C2)cc1. The molecule has 22 heavy (non-hydrogen) atoms. The van der Waals surface area contributed by atoms with E-state index in [4.69, 9.17) is 10.00 Å². The largest absolute Gasteiger partial charge is 0.381 e. The lowest BCUT2D eigenvalue weighted by Gasteiger charge is -2.25. The van der Waals surface area contributed by atoms with Gasteiger partial charge >= 0.3 is 0 Å². The van der Waals surface area contributed by atoms with Crippen molar-refractivity contribution >= 4 is 11.6 Å². The number of carbonyl (C=O) groups excluding carboxylic acids is 1. The maximum atomic E-state index is 12.4. The molecule has 0 aliphatic carbocycles. The molecule has 0 aromatic heterocycles. The van der Waals surface area contributed by atoms with Crippen molar-refractivity contribution in [2.45, 2.75) is 25.3 Å². The summed E-state index contributed by atoms with van der Waals surface area (Å²) in [5.74, 6) is 0.224. The Hall–Kier alpha value is -2.06. The van der Waals surface area contributed by atoms with Gasteiger partial charge in [-0.25, -0.2) is 0 Å². The summed E-state index contributed by atoms with van der Waals surface area (Å²) in [7, 11) is 0. The molecular weight excluding hydrogens is 278 g/mol. The molecule has 2 saturated heterocycles. The third kappa shape index (κ3) is 3.40. The van der Waals surface area contributed by atoms with Crippen LogP contribution >= 0.6 is 0 Å². The molecule has 1 amide bonds. The summed E-state index contributed by atoms with van der Waals surface area (Å²) in [6.45, 7) is 3.12. The van der Waals surface area contributed by atoms with Crippen LogP contribution in [0.4, 0.5) is 5.69 Å². The van der Waals surface area contributed by atoms with Gasteiger partial charge in [0.25, 0.3) is 0 Å². The number of nitrogens with zero attached hydrogens (tertiary/aromatic N) is 2. The fourth-order valence-electron chi connectivity index (χ4n) is 3.12. The molecule has 2 fully saturated rings. The zero-order valence-electron chi connectivity index (χ0n) is 12.6. The first-order chi connectivity index (χ1) is 10.8. The molecule has 3 rings (SSSR count). The number of amides is 1. The number of carbonyl (C=O) groups is 1. The van der Waals surface area contributed by atoms with Gasteiger partial charge in [-0.2, -0.15) is 5.26 Å². The monoisotopic (exact) mass is 299 g/mol. The maximum Gasteiger partial charge on any atom is 0.225 e. The smallest absolute Gasteiger partial charge is 0.225 e. The van der Waals surface area contributed by atoms with E-state index >= 15 is 0 Å². The molecule has 1 aromatic rings. The molecule has 0 spiro atoms. The number of nitrogens with one attached hydrogen (secondary N) is 1. The maximum absolute atomic E-state index is 12.4. The van der Waals surface area contributed by atoms with Crippen molar-refractivity contribution in [1.29, 1.82) is 5.26 Å². The number of nitriles is 1. The molecule has 116 valence electrons. The summed E-state index contributed by atoms with van der Waals surface area (Å²) in [5.41, 5.74) is 1.75. The van der Waals surface area contributed by atoms with E-state index in [0.29, 0.717) is 5.56 Å². The van der Waals surface area contributed by atoms with Crippen molar-refractivity contribution in [3.8, 4) is 6.07 Å². The Morgan fingerprint density at radius 1 is 1.23 bits per heavy atom. The van der Waals surface area contributed by atoms with Gasteiger partial charge in [0.15, 0.2) is 0 Å². The van der Waals surface area contributed by atoms with Crippen molar-refractivity contribution in [2.75, 3.05) is 31.2 Å². The zero-order chi connectivity index (χ0) is 15.4. The number of hydrogen-bond acceptors (Lipinski definition) is 4. The van der Waals surface area contributed by atoms with Gasteiger partial charge in [0.05, 0.1) is 17.6 Å². The predicted molar refractivity (Wildman–Crippen MR) is 83.5 cm³/mol. The van der Waals surface area contributed by atoms with Crippen LogP contribution in [0.1, 0.15) is 24.8 Å². The second-order valence-electron chi connectivity index (χ2n) is 5.99. The molecule has 2 aliphatic heterocycles. The summed E-state index contributed by atoms with van der Waals surface area (Å²) < 4.78 is 5.32. The van der Waals surface area contributed by atoms with Gasteiger partial charge in [-0.05, 0) is 43.5 Å².